The quantitative estimate of drug-likeness (QED) is 0.803. The van der Waals surface area contributed by atoms with Crippen molar-refractivity contribution < 1.29 is 31.1 Å². The molecule has 0 spiro atoms. The number of benzene rings is 1. The molecule has 0 unspecified atom stereocenters. The molecule has 0 saturated carbocycles. The molecule has 17 heavy (non-hydrogen) atoms. The average molecular weight is 291 g/mol. The second-order valence-corrected chi connectivity index (χ2v) is 5.28. The number of rotatable bonds is 3. The van der Waals surface area contributed by atoms with E-state index in [2.05, 4.69) is 9.47 Å². The summed E-state index contributed by atoms with van der Waals surface area (Å²) in [5, 5.41) is 0. The minimum Gasteiger partial charge on any atom is -0.495 e. The third kappa shape index (κ3) is 3.67. The van der Waals surface area contributed by atoms with E-state index in [9.17, 15) is 21.6 Å². The Bertz CT molecular complexity index is 512. The van der Waals surface area contributed by atoms with Crippen LogP contribution in [0.15, 0.2) is 23.1 Å². The van der Waals surface area contributed by atoms with Crippen molar-refractivity contribution >= 4 is 19.7 Å². The molecule has 0 saturated heterocycles. The summed E-state index contributed by atoms with van der Waals surface area (Å²) in [5.74, 6) is -1.27. The molecule has 0 amide bonds. The van der Waals surface area contributed by atoms with E-state index in [0.717, 1.165) is 25.3 Å². The summed E-state index contributed by atoms with van der Waals surface area (Å²) in [6.07, 6.45) is -5.03. The molecule has 0 atom stereocenters. The molecule has 0 radical (unpaired) electrons. The maximum atomic E-state index is 12.0. The smallest absolute Gasteiger partial charge is 0.495 e. The van der Waals surface area contributed by atoms with Crippen LogP contribution < -0.4 is 9.47 Å². The molecule has 9 heteroatoms. The molecule has 0 fully saturated rings. The molecular weight excluding hydrogens is 285 g/mol. The lowest BCUT2D eigenvalue weighted by Gasteiger charge is -2.13. The maximum absolute atomic E-state index is 12.0. The lowest BCUT2D eigenvalue weighted by molar-refractivity contribution is -0.275. The van der Waals surface area contributed by atoms with Gasteiger partial charge in [0.15, 0.2) is 10.6 Å². The highest BCUT2D eigenvalue weighted by atomic mass is 35.7. The number of alkyl halides is 3. The zero-order valence-corrected chi connectivity index (χ0v) is 9.86. The zero-order chi connectivity index (χ0) is 13.3. The van der Waals surface area contributed by atoms with Crippen LogP contribution in [0.1, 0.15) is 0 Å². The summed E-state index contributed by atoms with van der Waals surface area (Å²) in [5.41, 5.74) is 0. The molecule has 0 bridgehead atoms. The van der Waals surface area contributed by atoms with Crippen molar-refractivity contribution in [2.75, 3.05) is 7.11 Å². The van der Waals surface area contributed by atoms with Crippen molar-refractivity contribution in [1.82, 2.24) is 0 Å². The fraction of sp³-hybridized carbons (Fsp3) is 0.250. The van der Waals surface area contributed by atoms with E-state index in [1.807, 2.05) is 0 Å². The summed E-state index contributed by atoms with van der Waals surface area (Å²) in [6.45, 7) is 0. The fourth-order valence-electron chi connectivity index (χ4n) is 1.10. The van der Waals surface area contributed by atoms with Gasteiger partial charge in [-0.3, -0.25) is 0 Å². The van der Waals surface area contributed by atoms with Crippen molar-refractivity contribution in [1.29, 1.82) is 0 Å². The van der Waals surface area contributed by atoms with Crippen LogP contribution in [-0.4, -0.2) is 21.9 Å². The summed E-state index contributed by atoms with van der Waals surface area (Å²) in [7, 11) is 1.69. The van der Waals surface area contributed by atoms with E-state index < -0.39 is 26.1 Å². The van der Waals surface area contributed by atoms with Gasteiger partial charge in [0.25, 0.3) is 9.05 Å². The van der Waals surface area contributed by atoms with Crippen LogP contribution in [-0.2, 0) is 9.05 Å². The number of halogens is 4. The first-order chi connectivity index (χ1) is 7.65. The standard InChI is InChI=1S/C8H6ClF3O4S/c1-15-5-3-2-4-6(16-8(10,11)12)7(5)17(9,13)14/h2-4H,1H3. The molecule has 0 aromatic heterocycles. The Kier molecular flexibility index (Phi) is 3.78. The van der Waals surface area contributed by atoms with E-state index in [4.69, 9.17) is 10.7 Å². The van der Waals surface area contributed by atoms with E-state index >= 15 is 0 Å². The largest absolute Gasteiger partial charge is 0.573 e. The van der Waals surface area contributed by atoms with Crippen LogP contribution in [0.25, 0.3) is 0 Å². The number of hydrogen-bond acceptors (Lipinski definition) is 4. The van der Waals surface area contributed by atoms with Crippen LogP contribution >= 0.6 is 10.7 Å². The van der Waals surface area contributed by atoms with Crippen LogP contribution in [0.4, 0.5) is 13.2 Å². The Labute approximate surface area is 99.3 Å². The predicted octanol–water partition coefficient (Wildman–Crippen LogP) is 2.52. The summed E-state index contributed by atoms with van der Waals surface area (Å²) in [6, 6.07) is 3.12. The second-order valence-electron chi connectivity index (χ2n) is 2.77. The first kappa shape index (κ1) is 13.9. The molecule has 1 rings (SSSR count). The lowest BCUT2D eigenvalue weighted by Crippen LogP contribution is -2.18. The molecule has 1 aromatic carbocycles. The van der Waals surface area contributed by atoms with Crippen molar-refractivity contribution in [3.63, 3.8) is 0 Å². The van der Waals surface area contributed by atoms with Gasteiger partial charge in [-0.1, -0.05) is 6.07 Å². The average Bonchev–Trinajstić information content (AvgIpc) is 2.12. The van der Waals surface area contributed by atoms with Crippen LogP contribution in [0.5, 0.6) is 11.5 Å². The first-order valence-electron chi connectivity index (χ1n) is 4.02. The zero-order valence-electron chi connectivity index (χ0n) is 8.29. The highest BCUT2D eigenvalue weighted by Gasteiger charge is 2.35. The molecule has 0 N–H and O–H groups in total. The Morgan fingerprint density at radius 2 is 1.76 bits per heavy atom. The predicted molar refractivity (Wildman–Crippen MR) is 52.7 cm³/mol. The van der Waals surface area contributed by atoms with Gasteiger partial charge in [-0.15, -0.1) is 13.2 Å². The van der Waals surface area contributed by atoms with Crippen molar-refractivity contribution in [2.45, 2.75) is 11.3 Å². The number of methoxy groups -OCH3 is 1. The van der Waals surface area contributed by atoms with Crippen molar-refractivity contribution in [3.8, 4) is 11.5 Å². The van der Waals surface area contributed by atoms with Gasteiger partial charge in [0.2, 0.25) is 0 Å². The van der Waals surface area contributed by atoms with E-state index in [1.165, 1.54) is 0 Å². The normalized spacial score (nSPS) is 12.3. The SMILES string of the molecule is COc1cccc(OC(F)(F)F)c1S(=O)(=O)Cl. The molecule has 0 aliphatic heterocycles. The molecular formula is C8H6ClF3O4S. The minimum absolute atomic E-state index is 0.332. The first-order valence-corrected chi connectivity index (χ1v) is 6.33. The molecule has 96 valence electrons. The Balaban J connectivity index is 3.41. The number of hydrogen-bond donors (Lipinski definition) is 0. The second kappa shape index (κ2) is 4.61. The van der Waals surface area contributed by atoms with Gasteiger partial charge in [-0.2, -0.15) is 0 Å². The molecule has 1 aromatic rings. The highest BCUT2D eigenvalue weighted by molar-refractivity contribution is 8.13. The minimum atomic E-state index is -5.03. The van der Waals surface area contributed by atoms with Crippen LogP contribution in [0.2, 0.25) is 0 Å². The Hall–Kier alpha value is -1.15. The Morgan fingerprint density at radius 3 is 2.18 bits per heavy atom. The maximum Gasteiger partial charge on any atom is 0.573 e. The van der Waals surface area contributed by atoms with Gasteiger partial charge in [0.1, 0.15) is 5.75 Å². The van der Waals surface area contributed by atoms with Crippen molar-refractivity contribution in [2.24, 2.45) is 0 Å². The highest BCUT2D eigenvalue weighted by Crippen LogP contribution is 2.37. The van der Waals surface area contributed by atoms with Gasteiger partial charge in [-0.05, 0) is 12.1 Å². The lowest BCUT2D eigenvalue weighted by atomic mass is 10.3. The van der Waals surface area contributed by atoms with E-state index in [1.54, 1.807) is 0 Å². The molecule has 0 aliphatic carbocycles. The van der Waals surface area contributed by atoms with Crippen LogP contribution in [0.3, 0.4) is 0 Å². The molecule has 0 heterocycles. The summed E-state index contributed by atoms with van der Waals surface area (Å²) >= 11 is 0. The Morgan fingerprint density at radius 1 is 1.24 bits per heavy atom. The summed E-state index contributed by atoms with van der Waals surface area (Å²) in [4.78, 5) is -0.860. The fourth-order valence-corrected chi connectivity index (χ4v) is 2.30. The van der Waals surface area contributed by atoms with Gasteiger partial charge in [-0.25, -0.2) is 8.42 Å². The molecule has 4 nitrogen and oxygen atoms in total. The summed E-state index contributed by atoms with van der Waals surface area (Å²) < 4.78 is 66.6. The van der Waals surface area contributed by atoms with Gasteiger partial charge >= 0.3 is 6.36 Å². The third-order valence-electron chi connectivity index (χ3n) is 1.63. The van der Waals surface area contributed by atoms with Crippen molar-refractivity contribution in [3.05, 3.63) is 18.2 Å². The number of ether oxygens (including phenoxy) is 2. The van der Waals surface area contributed by atoms with E-state index in [0.29, 0.717) is 0 Å². The van der Waals surface area contributed by atoms with Gasteiger partial charge in [0, 0.05) is 10.7 Å². The topological polar surface area (TPSA) is 52.6 Å². The van der Waals surface area contributed by atoms with Crippen LogP contribution in [0, 0.1) is 0 Å². The monoisotopic (exact) mass is 290 g/mol. The molecule has 0 aliphatic rings. The third-order valence-corrected chi connectivity index (χ3v) is 2.99. The van der Waals surface area contributed by atoms with Gasteiger partial charge < -0.3 is 9.47 Å². The van der Waals surface area contributed by atoms with E-state index in [-0.39, 0.29) is 5.75 Å². The van der Waals surface area contributed by atoms with Gasteiger partial charge in [0.05, 0.1) is 7.11 Å².